The summed E-state index contributed by atoms with van der Waals surface area (Å²) in [6, 6.07) is 0.663. The summed E-state index contributed by atoms with van der Waals surface area (Å²) in [7, 11) is 0. The van der Waals surface area contributed by atoms with Gasteiger partial charge in [-0.25, -0.2) is 9.97 Å². The molecule has 0 unspecified atom stereocenters. The molecule has 1 aliphatic carbocycles. The maximum absolute atomic E-state index is 5.74. The normalized spacial score (nSPS) is 15.3. The monoisotopic (exact) mass is 253 g/mol. The van der Waals surface area contributed by atoms with Gasteiger partial charge in [0.05, 0.1) is 5.88 Å². The van der Waals surface area contributed by atoms with E-state index in [1.54, 1.807) is 0 Å². The molecule has 94 valence electrons. The lowest BCUT2D eigenvalue weighted by Crippen LogP contribution is -2.29. The summed E-state index contributed by atoms with van der Waals surface area (Å²) in [5.74, 6) is 2.07. The molecule has 0 N–H and O–H groups in total. The molecule has 0 aliphatic heterocycles. The van der Waals surface area contributed by atoms with Crippen molar-refractivity contribution in [1.29, 1.82) is 0 Å². The number of halogens is 1. The first kappa shape index (κ1) is 12.6. The molecule has 0 spiro atoms. The van der Waals surface area contributed by atoms with E-state index in [0.29, 0.717) is 11.9 Å². The van der Waals surface area contributed by atoms with Crippen LogP contribution in [-0.2, 0) is 5.88 Å². The average molecular weight is 254 g/mol. The third-order valence-electron chi connectivity index (χ3n) is 3.04. The number of rotatable bonds is 6. The molecule has 1 heterocycles. The van der Waals surface area contributed by atoms with Crippen LogP contribution >= 0.6 is 11.6 Å². The highest BCUT2D eigenvalue weighted by molar-refractivity contribution is 6.17. The van der Waals surface area contributed by atoms with E-state index >= 15 is 0 Å². The number of nitrogens with zero attached hydrogens (tertiary/aromatic N) is 3. The highest BCUT2D eigenvalue weighted by Gasteiger charge is 2.30. The smallest absolute Gasteiger partial charge is 0.225 e. The van der Waals surface area contributed by atoms with Crippen LogP contribution in [0.1, 0.15) is 38.7 Å². The Morgan fingerprint density at radius 1 is 1.35 bits per heavy atom. The van der Waals surface area contributed by atoms with Gasteiger partial charge in [0, 0.05) is 30.5 Å². The molecular formula is C13H20ClN3. The summed E-state index contributed by atoms with van der Waals surface area (Å²) < 4.78 is 0. The van der Waals surface area contributed by atoms with Gasteiger partial charge in [-0.1, -0.05) is 13.8 Å². The quantitative estimate of drug-likeness (QED) is 0.729. The van der Waals surface area contributed by atoms with E-state index in [4.69, 9.17) is 11.6 Å². The van der Waals surface area contributed by atoms with Gasteiger partial charge in [0.25, 0.3) is 0 Å². The molecule has 1 aliphatic rings. The Morgan fingerprint density at radius 3 is 2.47 bits per heavy atom. The third kappa shape index (κ3) is 3.56. The molecule has 3 nitrogen and oxygen atoms in total. The van der Waals surface area contributed by atoms with E-state index in [0.717, 1.165) is 24.0 Å². The summed E-state index contributed by atoms with van der Waals surface area (Å²) >= 11 is 5.74. The minimum atomic E-state index is 0.482. The molecule has 0 radical (unpaired) electrons. The van der Waals surface area contributed by atoms with Gasteiger partial charge < -0.3 is 4.90 Å². The Morgan fingerprint density at radius 2 is 2.00 bits per heavy atom. The molecule has 1 aromatic rings. The summed E-state index contributed by atoms with van der Waals surface area (Å²) in [4.78, 5) is 11.2. The van der Waals surface area contributed by atoms with Gasteiger partial charge in [0.1, 0.15) is 0 Å². The summed E-state index contributed by atoms with van der Waals surface area (Å²) in [6.45, 7) is 5.56. The Kier molecular flexibility index (Phi) is 4.21. The van der Waals surface area contributed by atoms with Crippen molar-refractivity contribution in [3.8, 4) is 0 Å². The number of alkyl halides is 1. The lowest BCUT2D eigenvalue weighted by molar-refractivity contribution is 0.565. The van der Waals surface area contributed by atoms with Gasteiger partial charge in [-0.3, -0.25) is 0 Å². The molecule has 4 heteroatoms. The van der Waals surface area contributed by atoms with Crippen molar-refractivity contribution in [2.45, 2.75) is 45.0 Å². The van der Waals surface area contributed by atoms with E-state index in [9.17, 15) is 0 Å². The summed E-state index contributed by atoms with van der Waals surface area (Å²) in [5.41, 5.74) is 0.982. The molecule has 17 heavy (non-hydrogen) atoms. The van der Waals surface area contributed by atoms with E-state index in [1.807, 2.05) is 12.4 Å². The SMILES string of the molecule is CC(C)CCN(c1ncc(CCl)cn1)C1CC1. The molecule has 0 bridgehead atoms. The van der Waals surface area contributed by atoms with Crippen LogP contribution in [0.25, 0.3) is 0 Å². The minimum Gasteiger partial charge on any atom is -0.338 e. The average Bonchev–Trinajstić information content (AvgIpc) is 3.14. The Hall–Kier alpha value is -0.830. The fourth-order valence-corrected chi connectivity index (χ4v) is 1.93. The Labute approximate surface area is 108 Å². The Balaban J connectivity index is 2.03. The zero-order chi connectivity index (χ0) is 12.3. The largest absolute Gasteiger partial charge is 0.338 e. The first-order valence-corrected chi connectivity index (χ1v) is 6.87. The van der Waals surface area contributed by atoms with Gasteiger partial charge in [-0.2, -0.15) is 0 Å². The number of anilines is 1. The second-order valence-corrected chi connectivity index (χ2v) is 5.40. The first-order chi connectivity index (χ1) is 8.20. The van der Waals surface area contributed by atoms with Crippen LogP contribution in [0.3, 0.4) is 0 Å². The second kappa shape index (κ2) is 5.67. The van der Waals surface area contributed by atoms with Crippen LogP contribution in [0.4, 0.5) is 5.95 Å². The van der Waals surface area contributed by atoms with Crippen LogP contribution < -0.4 is 4.90 Å². The van der Waals surface area contributed by atoms with E-state index in [-0.39, 0.29) is 0 Å². The van der Waals surface area contributed by atoms with Crippen LogP contribution in [0, 0.1) is 5.92 Å². The van der Waals surface area contributed by atoms with Gasteiger partial charge in [0.15, 0.2) is 0 Å². The zero-order valence-electron chi connectivity index (χ0n) is 10.6. The van der Waals surface area contributed by atoms with Gasteiger partial charge in [-0.05, 0) is 25.2 Å². The predicted molar refractivity (Wildman–Crippen MR) is 71.4 cm³/mol. The predicted octanol–water partition coefficient (Wildman–Crippen LogP) is 3.23. The van der Waals surface area contributed by atoms with Crippen molar-refractivity contribution in [2.24, 2.45) is 5.92 Å². The topological polar surface area (TPSA) is 29.0 Å². The molecule has 0 saturated heterocycles. The summed E-state index contributed by atoms with van der Waals surface area (Å²) in [6.07, 6.45) is 7.41. The maximum atomic E-state index is 5.74. The molecule has 1 saturated carbocycles. The van der Waals surface area contributed by atoms with Crippen LogP contribution in [0.2, 0.25) is 0 Å². The second-order valence-electron chi connectivity index (χ2n) is 5.13. The molecule has 0 amide bonds. The number of aromatic nitrogens is 2. The highest BCUT2D eigenvalue weighted by Crippen LogP contribution is 2.30. The van der Waals surface area contributed by atoms with Crippen molar-refractivity contribution < 1.29 is 0 Å². The lowest BCUT2D eigenvalue weighted by atomic mass is 10.1. The van der Waals surface area contributed by atoms with Crippen molar-refractivity contribution in [1.82, 2.24) is 9.97 Å². The fraction of sp³-hybridized carbons (Fsp3) is 0.692. The third-order valence-corrected chi connectivity index (χ3v) is 3.35. The standard InChI is InChI=1S/C13H20ClN3/c1-10(2)5-6-17(12-3-4-12)13-15-8-11(7-14)9-16-13/h8-10,12H,3-7H2,1-2H3. The maximum Gasteiger partial charge on any atom is 0.225 e. The number of hydrogen-bond acceptors (Lipinski definition) is 3. The Bertz CT molecular complexity index is 346. The highest BCUT2D eigenvalue weighted by atomic mass is 35.5. The first-order valence-electron chi connectivity index (χ1n) is 6.34. The van der Waals surface area contributed by atoms with Crippen LogP contribution in [-0.4, -0.2) is 22.6 Å². The van der Waals surface area contributed by atoms with E-state index in [2.05, 4.69) is 28.7 Å². The van der Waals surface area contributed by atoms with Crippen molar-refractivity contribution >= 4 is 17.5 Å². The summed E-state index contributed by atoms with van der Waals surface area (Å²) in [5, 5.41) is 0. The minimum absolute atomic E-state index is 0.482. The lowest BCUT2D eigenvalue weighted by Gasteiger charge is -2.23. The van der Waals surface area contributed by atoms with Gasteiger partial charge in [-0.15, -0.1) is 11.6 Å². The van der Waals surface area contributed by atoms with Crippen molar-refractivity contribution in [3.05, 3.63) is 18.0 Å². The van der Waals surface area contributed by atoms with E-state index < -0.39 is 0 Å². The molecule has 1 aromatic heterocycles. The zero-order valence-corrected chi connectivity index (χ0v) is 11.3. The van der Waals surface area contributed by atoms with Crippen molar-refractivity contribution in [2.75, 3.05) is 11.4 Å². The van der Waals surface area contributed by atoms with E-state index in [1.165, 1.54) is 19.3 Å². The molecular weight excluding hydrogens is 234 g/mol. The molecule has 2 rings (SSSR count). The van der Waals surface area contributed by atoms with Crippen molar-refractivity contribution in [3.63, 3.8) is 0 Å². The fourth-order valence-electron chi connectivity index (χ4n) is 1.79. The molecule has 0 atom stereocenters. The molecule has 0 aromatic carbocycles. The van der Waals surface area contributed by atoms with Crippen LogP contribution in [0.15, 0.2) is 12.4 Å². The van der Waals surface area contributed by atoms with Gasteiger partial charge >= 0.3 is 0 Å². The van der Waals surface area contributed by atoms with Gasteiger partial charge in [0.2, 0.25) is 5.95 Å². The van der Waals surface area contributed by atoms with Crippen LogP contribution in [0.5, 0.6) is 0 Å². The molecule has 1 fully saturated rings. The number of hydrogen-bond donors (Lipinski definition) is 0.